The lowest BCUT2D eigenvalue weighted by molar-refractivity contribution is 0.229. The fourth-order valence-electron chi connectivity index (χ4n) is 3.57. The van der Waals surface area contributed by atoms with Crippen molar-refractivity contribution in [3.05, 3.63) is 71.3 Å². The van der Waals surface area contributed by atoms with E-state index in [1.54, 1.807) is 0 Å². The Hall–Kier alpha value is -2.04. The summed E-state index contributed by atoms with van der Waals surface area (Å²) in [6.45, 7) is 0.336. The van der Waals surface area contributed by atoms with Crippen LogP contribution in [0.15, 0.2) is 54.6 Å². The van der Waals surface area contributed by atoms with Crippen molar-refractivity contribution in [1.29, 1.82) is 0 Å². The predicted octanol–water partition coefficient (Wildman–Crippen LogP) is 4.94. The molecular weight excluding hydrogens is 292 g/mol. The van der Waals surface area contributed by atoms with Crippen LogP contribution in [0.5, 0.6) is 0 Å². The minimum Gasteiger partial charge on any atom is -0.396 e. The Morgan fingerprint density at radius 3 is 2.46 bits per heavy atom. The second-order valence-electron chi connectivity index (χ2n) is 6.82. The van der Waals surface area contributed by atoms with E-state index in [9.17, 15) is 5.11 Å². The van der Waals surface area contributed by atoms with E-state index in [-0.39, 0.29) is 0 Å². The van der Waals surface area contributed by atoms with Crippen LogP contribution in [-0.2, 0) is 6.42 Å². The van der Waals surface area contributed by atoms with Crippen molar-refractivity contribution in [1.82, 2.24) is 0 Å². The van der Waals surface area contributed by atoms with Gasteiger partial charge in [0.25, 0.3) is 0 Å². The lowest BCUT2D eigenvalue weighted by Crippen LogP contribution is -2.00. The smallest absolute Gasteiger partial charge is 0.0459 e. The molecule has 2 atom stereocenters. The average Bonchev–Trinajstić information content (AvgIpc) is 3.12. The van der Waals surface area contributed by atoms with Crippen molar-refractivity contribution >= 4 is 0 Å². The Labute approximate surface area is 145 Å². The van der Waals surface area contributed by atoms with Crippen molar-refractivity contribution in [2.45, 2.75) is 44.4 Å². The number of aryl methyl sites for hydroxylation is 1. The molecule has 2 aromatic rings. The Balaban J connectivity index is 1.46. The van der Waals surface area contributed by atoms with Gasteiger partial charge < -0.3 is 5.11 Å². The molecule has 0 spiro atoms. The molecule has 1 fully saturated rings. The number of unbranched alkanes of at least 4 members (excludes halogenated alkanes) is 1. The van der Waals surface area contributed by atoms with Crippen LogP contribution in [0.2, 0.25) is 0 Å². The van der Waals surface area contributed by atoms with Crippen LogP contribution >= 0.6 is 0 Å². The van der Waals surface area contributed by atoms with E-state index in [2.05, 4.69) is 66.4 Å². The first-order chi connectivity index (χ1) is 11.8. The Morgan fingerprint density at radius 1 is 0.958 bits per heavy atom. The van der Waals surface area contributed by atoms with Crippen LogP contribution in [0.25, 0.3) is 0 Å². The third kappa shape index (κ3) is 4.73. The van der Waals surface area contributed by atoms with E-state index < -0.39 is 0 Å². The first-order valence-corrected chi connectivity index (χ1v) is 9.09. The van der Waals surface area contributed by atoms with Crippen LogP contribution in [-0.4, -0.2) is 11.7 Å². The largest absolute Gasteiger partial charge is 0.396 e. The fourth-order valence-corrected chi connectivity index (χ4v) is 3.57. The topological polar surface area (TPSA) is 20.2 Å². The van der Waals surface area contributed by atoms with E-state index in [0.717, 1.165) is 37.7 Å². The monoisotopic (exact) mass is 318 g/mol. The number of aliphatic hydroxyl groups is 1. The highest BCUT2D eigenvalue weighted by molar-refractivity contribution is 5.37. The highest BCUT2D eigenvalue weighted by atomic mass is 16.3. The Kier molecular flexibility index (Phi) is 6.10. The molecule has 24 heavy (non-hydrogen) atoms. The molecule has 1 aliphatic rings. The molecule has 0 heterocycles. The molecule has 2 aromatic carbocycles. The van der Waals surface area contributed by atoms with Crippen LogP contribution < -0.4 is 0 Å². The van der Waals surface area contributed by atoms with Gasteiger partial charge in [0, 0.05) is 18.6 Å². The number of hydrogen-bond acceptors (Lipinski definition) is 1. The van der Waals surface area contributed by atoms with Crippen LogP contribution in [0, 0.1) is 17.8 Å². The fraction of sp³-hybridized carbons (Fsp3) is 0.391. The van der Waals surface area contributed by atoms with Gasteiger partial charge in [-0.05, 0) is 67.2 Å². The van der Waals surface area contributed by atoms with Crippen LogP contribution in [0.1, 0.15) is 54.7 Å². The quantitative estimate of drug-likeness (QED) is 0.612. The number of hydrogen-bond donors (Lipinski definition) is 1. The minimum atomic E-state index is 0.336. The number of benzene rings is 2. The van der Waals surface area contributed by atoms with Gasteiger partial charge in [0.05, 0.1) is 0 Å². The molecule has 0 amide bonds. The molecule has 0 saturated heterocycles. The van der Waals surface area contributed by atoms with Gasteiger partial charge in [-0.3, -0.25) is 0 Å². The van der Waals surface area contributed by atoms with Crippen molar-refractivity contribution in [3.8, 4) is 11.8 Å². The third-order valence-electron chi connectivity index (χ3n) is 5.02. The Bertz CT molecular complexity index is 675. The van der Waals surface area contributed by atoms with E-state index in [1.807, 2.05) is 0 Å². The standard InChI is InChI=1S/C23H26O/c24-18-21-13-16-23(17-21)22-14-11-20(12-15-22)10-6-2-5-9-19-7-3-1-4-8-19/h1,3-4,7-8,11-12,14-15,21,23-24H,2,5,9,13,16-18H2. The van der Waals surface area contributed by atoms with Gasteiger partial charge in [0.1, 0.15) is 0 Å². The SMILES string of the molecule is OCC1CCC(c2ccc(C#CCCCc3ccccc3)cc2)C1. The molecule has 0 bridgehead atoms. The summed E-state index contributed by atoms with van der Waals surface area (Å²) in [5.41, 5.74) is 3.90. The normalized spacial score (nSPS) is 19.7. The van der Waals surface area contributed by atoms with Crippen molar-refractivity contribution in [2.24, 2.45) is 5.92 Å². The van der Waals surface area contributed by atoms with E-state index in [4.69, 9.17) is 0 Å². The van der Waals surface area contributed by atoms with Crippen LogP contribution in [0.4, 0.5) is 0 Å². The molecule has 2 unspecified atom stereocenters. The summed E-state index contributed by atoms with van der Waals surface area (Å²) in [4.78, 5) is 0. The first kappa shape index (κ1) is 16.8. The van der Waals surface area contributed by atoms with Gasteiger partial charge in [-0.2, -0.15) is 0 Å². The first-order valence-electron chi connectivity index (χ1n) is 9.09. The van der Waals surface area contributed by atoms with Gasteiger partial charge in [0.15, 0.2) is 0 Å². The van der Waals surface area contributed by atoms with E-state index in [1.165, 1.54) is 17.5 Å². The molecule has 0 aliphatic heterocycles. The lowest BCUT2D eigenvalue weighted by atomic mass is 9.95. The van der Waals surface area contributed by atoms with Crippen molar-refractivity contribution in [2.75, 3.05) is 6.61 Å². The number of aliphatic hydroxyl groups excluding tert-OH is 1. The third-order valence-corrected chi connectivity index (χ3v) is 5.02. The molecule has 1 saturated carbocycles. The highest BCUT2D eigenvalue weighted by Gasteiger charge is 2.24. The van der Waals surface area contributed by atoms with Gasteiger partial charge in [-0.15, -0.1) is 0 Å². The van der Waals surface area contributed by atoms with Gasteiger partial charge >= 0.3 is 0 Å². The molecule has 1 heteroatoms. The maximum Gasteiger partial charge on any atom is 0.0459 e. The summed E-state index contributed by atoms with van der Waals surface area (Å²) >= 11 is 0. The molecule has 1 nitrogen and oxygen atoms in total. The molecule has 3 rings (SSSR count). The van der Waals surface area contributed by atoms with Crippen LogP contribution in [0.3, 0.4) is 0 Å². The summed E-state index contributed by atoms with van der Waals surface area (Å²) in [6.07, 6.45) is 6.64. The van der Waals surface area contributed by atoms with Gasteiger partial charge in [-0.1, -0.05) is 54.3 Å². The average molecular weight is 318 g/mol. The molecule has 1 N–H and O–H groups in total. The summed E-state index contributed by atoms with van der Waals surface area (Å²) in [5.74, 6) is 7.69. The maximum atomic E-state index is 9.27. The zero-order valence-corrected chi connectivity index (χ0v) is 14.2. The van der Waals surface area contributed by atoms with Crippen molar-refractivity contribution in [3.63, 3.8) is 0 Å². The van der Waals surface area contributed by atoms with E-state index >= 15 is 0 Å². The molecule has 0 radical (unpaired) electrons. The predicted molar refractivity (Wildman–Crippen MR) is 99.9 cm³/mol. The summed E-state index contributed by atoms with van der Waals surface area (Å²) < 4.78 is 0. The minimum absolute atomic E-state index is 0.336. The van der Waals surface area contributed by atoms with Gasteiger partial charge in [0.2, 0.25) is 0 Å². The van der Waals surface area contributed by atoms with E-state index in [0.29, 0.717) is 18.4 Å². The zero-order chi connectivity index (χ0) is 16.6. The molecule has 124 valence electrons. The zero-order valence-electron chi connectivity index (χ0n) is 14.2. The van der Waals surface area contributed by atoms with Crippen molar-refractivity contribution < 1.29 is 5.11 Å². The van der Waals surface area contributed by atoms with Gasteiger partial charge in [-0.25, -0.2) is 0 Å². The second kappa shape index (κ2) is 8.71. The summed E-state index contributed by atoms with van der Waals surface area (Å²) in [7, 11) is 0. The molecular formula is C23H26O. The maximum absolute atomic E-state index is 9.27. The Morgan fingerprint density at radius 2 is 1.75 bits per heavy atom. The molecule has 0 aromatic heterocycles. The highest BCUT2D eigenvalue weighted by Crippen LogP contribution is 2.37. The summed E-state index contributed by atoms with van der Waals surface area (Å²) in [5, 5.41) is 9.27. The number of rotatable bonds is 5. The second-order valence-corrected chi connectivity index (χ2v) is 6.82. The lowest BCUT2D eigenvalue weighted by Gasteiger charge is -2.10. The summed E-state index contributed by atoms with van der Waals surface area (Å²) in [6, 6.07) is 19.3. The molecule has 1 aliphatic carbocycles.